The molecule has 2 aromatic carbocycles. The van der Waals surface area contributed by atoms with E-state index in [1.54, 1.807) is 31.3 Å². The molecule has 0 amide bonds. The van der Waals surface area contributed by atoms with Crippen molar-refractivity contribution in [1.29, 1.82) is 0 Å². The number of carbonyl (C=O) groups is 1. The Hall–Kier alpha value is -3.23. The Labute approximate surface area is 166 Å². The van der Waals surface area contributed by atoms with Crippen LogP contribution < -0.4 is 15.4 Å². The monoisotopic (exact) mass is 409 g/mol. The van der Waals surface area contributed by atoms with Crippen molar-refractivity contribution in [3.63, 3.8) is 0 Å². The summed E-state index contributed by atoms with van der Waals surface area (Å²) in [6, 6.07) is 13.3. The van der Waals surface area contributed by atoms with Gasteiger partial charge >= 0.3 is 12.1 Å². The van der Waals surface area contributed by atoms with Crippen LogP contribution in [0.15, 0.2) is 53.5 Å². The Bertz CT molecular complexity index is 820. The molecule has 0 spiro atoms. The molecule has 29 heavy (non-hydrogen) atoms. The number of nitrogens with zero attached hydrogens (tertiary/aromatic N) is 1. The predicted octanol–water partition coefficient (Wildman–Crippen LogP) is 3.28. The lowest BCUT2D eigenvalue weighted by molar-refractivity contribution is -0.153. The van der Waals surface area contributed by atoms with Gasteiger partial charge in [0.25, 0.3) is 0 Å². The molecule has 0 aliphatic carbocycles. The number of benzene rings is 2. The highest BCUT2D eigenvalue weighted by atomic mass is 19.4. The number of ether oxygens (including phenoxy) is 2. The molecule has 0 aliphatic heterocycles. The summed E-state index contributed by atoms with van der Waals surface area (Å²) in [6.45, 7) is -0.395. The van der Waals surface area contributed by atoms with Crippen LogP contribution in [0.4, 0.5) is 13.2 Å². The van der Waals surface area contributed by atoms with Crippen molar-refractivity contribution in [2.45, 2.75) is 19.3 Å². The minimum atomic E-state index is -4.36. The molecule has 0 radical (unpaired) electrons. The standard InChI is InChI=1S/C20H22F3N3O3/c1-24-19(25-11-14-3-7-16(8-4-14)18(27)28-2)26-12-15-5-9-17(10-6-15)29-13-20(21,22)23/h3-10H,11-13H2,1-2H3,(H2,24,25,26). The van der Waals surface area contributed by atoms with E-state index in [4.69, 9.17) is 0 Å². The maximum atomic E-state index is 12.2. The topological polar surface area (TPSA) is 72.0 Å². The van der Waals surface area contributed by atoms with Gasteiger partial charge in [0, 0.05) is 20.1 Å². The van der Waals surface area contributed by atoms with Crippen molar-refractivity contribution < 1.29 is 27.4 Å². The van der Waals surface area contributed by atoms with E-state index in [1.807, 2.05) is 12.1 Å². The average molecular weight is 409 g/mol. The Kier molecular flexibility index (Phi) is 7.88. The molecular formula is C20H22F3N3O3. The summed E-state index contributed by atoms with van der Waals surface area (Å²) in [5.74, 6) is 0.320. The molecule has 156 valence electrons. The Morgan fingerprint density at radius 2 is 1.48 bits per heavy atom. The number of carbonyl (C=O) groups excluding carboxylic acids is 1. The molecule has 0 atom stereocenters. The number of methoxy groups -OCH3 is 1. The van der Waals surface area contributed by atoms with E-state index in [-0.39, 0.29) is 5.75 Å². The van der Waals surface area contributed by atoms with Gasteiger partial charge in [-0.25, -0.2) is 4.79 Å². The number of alkyl halides is 3. The summed E-state index contributed by atoms with van der Waals surface area (Å²) < 4.78 is 45.8. The van der Waals surface area contributed by atoms with E-state index >= 15 is 0 Å². The lowest BCUT2D eigenvalue weighted by Gasteiger charge is -2.13. The first-order valence-electron chi connectivity index (χ1n) is 8.71. The van der Waals surface area contributed by atoms with E-state index < -0.39 is 18.8 Å². The largest absolute Gasteiger partial charge is 0.484 e. The van der Waals surface area contributed by atoms with Crippen molar-refractivity contribution in [3.05, 3.63) is 65.2 Å². The quantitative estimate of drug-likeness (QED) is 0.417. The fourth-order valence-electron chi connectivity index (χ4n) is 2.34. The fourth-order valence-corrected chi connectivity index (χ4v) is 2.34. The van der Waals surface area contributed by atoms with Gasteiger partial charge in [-0.2, -0.15) is 13.2 Å². The minimum Gasteiger partial charge on any atom is -0.484 e. The van der Waals surface area contributed by atoms with Crippen molar-refractivity contribution in [3.8, 4) is 5.75 Å². The van der Waals surface area contributed by atoms with Crippen molar-refractivity contribution in [1.82, 2.24) is 10.6 Å². The van der Waals surface area contributed by atoms with Gasteiger partial charge in [-0.05, 0) is 35.4 Å². The van der Waals surface area contributed by atoms with Gasteiger partial charge in [-0.3, -0.25) is 4.99 Å². The molecule has 2 rings (SSSR count). The van der Waals surface area contributed by atoms with Crippen LogP contribution in [0.5, 0.6) is 5.75 Å². The summed E-state index contributed by atoms with van der Waals surface area (Å²) >= 11 is 0. The normalized spacial score (nSPS) is 11.7. The summed E-state index contributed by atoms with van der Waals surface area (Å²) in [5.41, 5.74) is 2.28. The highest BCUT2D eigenvalue weighted by Crippen LogP contribution is 2.18. The highest BCUT2D eigenvalue weighted by Gasteiger charge is 2.28. The predicted molar refractivity (Wildman–Crippen MR) is 103 cm³/mol. The number of aliphatic imine (C=N–C) groups is 1. The van der Waals surface area contributed by atoms with Crippen molar-refractivity contribution in [2.24, 2.45) is 4.99 Å². The van der Waals surface area contributed by atoms with E-state index in [1.165, 1.54) is 19.2 Å². The van der Waals surface area contributed by atoms with Crippen LogP contribution in [0.2, 0.25) is 0 Å². The number of rotatable bonds is 7. The first-order valence-corrected chi connectivity index (χ1v) is 8.71. The fraction of sp³-hybridized carbons (Fsp3) is 0.300. The second-order valence-electron chi connectivity index (χ2n) is 6.02. The molecule has 6 nitrogen and oxygen atoms in total. The summed E-state index contributed by atoms with van der Waals surface area (Å²) in [5, 5.41) is 6.25. The zero-order valence-electron chi connectivity index (χ0n) is 16.0. The first kappa shape index (κ1) is 22.1. The van der Waals surface area contributed by atoms with Crippen LogP contribution in [-0.2, 0) is 17.8 Å². The van der Waals surface area contributed by atoms with Crippen LogP contribution in [0, 0.1) is 0 Å². The molecule has 0 saturated heterocycles. The molecule has 0 aromatic heterocycles. The number of guanidine groups is 1. The van der Waals surface area contributed by atoms with E-state index in [2.05, 4.69) is 25.1 Å². The molecule has 0 bridgehead atoms. The van der Waals surface area contributed by atoms with E-state index in [9.17, 15) is 18.0 Å². The van der Waals surface area contributed by atoms with Crippen molar-refractivity contribution in [2.75, 3.05) is 20.8 Å². The SMILES string of the molecule is CN=C(NCc1ccc(OCC(F)(F)F)cc1)NCc1ccc(C(=O)OC)cc1. The lowest BCUT2D eigenvalue weighted by atomic mass is 10.1. The maximum absolute atomic E-state index is 12.2. The summed E-state index contributed by atoms with van der Waals surface area (Å²) in [4.78, 5) is 15.6. The number of nitrogens with one attached hydrogen (secondary N) is 2. The molecular weight excluding hydrogens is 387 g/mol. The van der Waals surface area contributed by atoms with Gasteiger partial charge in [-0.15, -0.1) is 0 Å². The summed E-state index contributed by atoms with van der Waals surface area (Å²) in [6.07, 6.45) is -4.36. The van der Waals surface area contributed by atoms with Crippen LogP contribution >= 0.6 is 0 Å². The maximum Gasteiger partial charge on any atom is 0.422 e. The molecule has 0 aliphatic rings. The lowest BCUT2D eigenvalue weighted by Crippen LogP contribution is -2.36. The number of halogens is 3. The van der Waals surface area contributed by atoms with Crippen molar-refractivity contribution >= 4 is 11.9 Å². The van der Waals surface area contributed by atoms with Crippen LogP contribution in [-0.4, -0.2) is 38.9 Å². The molecule has 9 heteroatoms. The zero-order valence-corrected chi connectivity index (χ0v) is 16.0. The highest BCUT2D eigenvalue weighted by molar-refractivity contribution is 5.89. The number of esters is 1. The molecule has 0 unspecified atom stereocenters. The van der Waals surface area contributed by atoms with Gasteiger partial charge < -0.3 is 20.1 Å². The van der Waals surface area contributed by atoms with Crippen LogP contribution in [0.25, 0.3) is 0 Å². The van der Waals surface area contributed by atoms with Crippen LogP contribution in [0.3, 0.4) is 0 Å². The number of hydrogen-bond donors (Lipinski definition) is 2. The Morgan fingerprint density at radius 1 is 0.966 bits per heavy atom. The van der Waals surface area contributed by atoms with Gasteiger partial charge in [0.15, 0.2) is 12.6 Å². The second-order valence-corrected chi connectivity index (χ2v) is 6.02. The van der Waals surface area contributed by atoms with E-state index in [0.29, 0.717) is 24.6 Å². The van der Waals surface area contributed by atoms with Gasteiger partial charge in [-0.1, -0.05) is 24.3 Å². The van der Waals surface area contributed by atoms with E-state index in [0.717, 1.165) is 11.1 Å². The van der Waals surface area contributed by atoms with Gasteiger partial charge in [0.1, 0.15) is 5.75 Å². The van der Waals surface area contributed by atoms with Gasteiger partial charge in [0.05, 0.1) is 12.7 Å². The minimum absolute atomic E-state index is 0.156. The number of hydrogen-bond acceptors (Lipinski definition) is 4. The molecule has 0 fully saturated rings. The second kappa shape index (κ2) is 10.4. The molecule has 2 N–H and O–H groups in total. The Balaban J connectivity index is 1.80. The average Bonchev–Trinajstić information content (AvgIpc) is 2.72. The van der Waals surface area contributed by atoms with Crippen LogP contribution in [0.1, 0.15) is 21.5 Å². The third-order valence-corrected chi connectivity index (χ3v) is 3.84. The third-order valence-electron chi connectivity index (χ3n) is 3.84. The summed E-state index contributed by atoms with van der Waals surface area (Å²) in [7, 11) is 2.96. The zero-order chi connectivity index (χ0) is 21.3. The third kappa shape index (κ3) is 7.73. The molecule has 0 heterocycles. The first-order chi connectivity index (χ1) is 13.8. The smallest absolute Gasteiger partial charge is 0.422 e. The Morgan fingerprint density at radius 3 is 1.93 bits per heavy atom. The van der Waals surface area contributed by atoms with Gasteiger partial charge in [0.2, 0.25) is 0 Å². The molecule has 2 aromatic rings. The molecule has 0 saturated carbocycles.